The van der Waals surface area contributed by atoms with E-state index >= 15 is 0 Å². The number of aromatic nitrogens is 2. The van der Waals surface area contributed by atoms with Crippen LogP contribution in [0.15, 0.2) is 18.3 Å². The molecule has 2 unspecified atom stereocenters. The molecule has 0 spiro atoms. The molecule has 2 atom stereocenters. The third-order valence-electron chi connectivity index (χ3n) is 2.89. The van der Waals surface area contributed by atoms with E-state index in [1.54, 1.807) is 6.20 Å². The molecular weight excluding hydrogens is 172 g/mol. The van der Waals surface area contributed by atoms with E-state index in [4.69, 9.17) is 0 Å². The van der Waals surface area contributed by atoms with E-state index in [-0.39, 0.29) is 0 Å². The first-order valence-corrected chi connectivity index (χ1v) is 5.55. The molecule has 0 radical (unpaired) electrons. The van der Waals surface area contributed by atoms with Crippen LogP contribution in [-0.2, 0) is 0 Å². The maximum absolute atomic E-state index is 4.19. The molecule has 0 bridgehead atoms. The topological polar surface area (TPSA) is 25.8 Å². The van der Waals surface area contributed by atoms with Crippen LogP contribution in [0.25, 0.3) is 0 Å². The first-order chi connectivity index (χ1) is 6.77. The molecule has 1 rings (SSSR count). The highest BCUT2D eigenvalue weighted by Gasteiger charge is 2.13. The monoisotopic (exact) mass is 192 g/mol. The summed E-state index contributed by atoms with van der Waals surface area (Å²) >= 11 is 0. The van der Waals surface area contributed by atoms with Crippen molar-refractivity contribution >= 4 is 0 Å². The Morgan fingerprint density at radius 1 is 1.29 bits per heavy atom. The van der Waals surface area contributed by atoms with Gasteiger partial charge in [0.1, 0.15) is 0 Å². The fraction of sp³-hybridized carbons (Fsp3) is 0.667. The molecule has 1 aromatic heterocycles. The molecular formula is C12H20N2. The second-order valence-electron chi connectivity index (χ2n) is 4.00. The van der Waals surface area contributed by atoms with Crippen LogP contribution in [0.1, 0.15) is 51.6 Å². The largest absolute Gasteiger partial charge is 0.159 e. The molecule has 0 saturated carbocycles. The molecule has 1 aromatic rings. The van der Waals surface area contributed by atoms with Crippen molar-refractivity contribution in [2.45, 2.75) is 46.0 Å². The second-order valence-corrected chi connectivity index (χ2v) is 4.00. The maximum Gasteiger partial charge on any atom is 0.0661 e. The maximum atomic E-state index is 4.19. The summed E-state index contributed by atoms with van der Waals surface area (Å²) in [6.45, 7) is 6.77. The van der Waals surface area contributed by atoms with Crippen molar-refractivity contribution < 1.29 is 0 Å². The van der Waals surface area contributed by atoms with Crippen LogP contribution in [0.2, 0.25) is 0 Å². The summed E-state index contributed by atoms with van der Waals surface area (Å²) in [5, 5.41) is 8.12. The van der Waals surface area contributed by atoms with Crippen molar-refractivity contribution in [2.75, 3.05) is 0 Å². The lowest BCUT2D eigenvalue weighted by molar-refractivity contribution is 0.439. The van der Waals surface area contributed by atoms with Gasteiger partial charge in [-0.05, 0) is 30.9 Å². The summed E-state index contributed by atoms with van der Waals surface area (Å²) in [6.07, 6.45) is 5.37. The third kappa shape index (κ3) is 3.09. The zero-order valence-electron chi connectivity index (χ0n) is 9.40. The third-order valence-corrected chi connectivity index (χ3v) is 2.89. The molecule has 0 aliphatic carbocycles. The predicted molar refractivity (Wildman–Crippen MR) is 59.1 cm³/mol. The quantitative estimate of drug-likeness (QED) is 0.714. The molecule has 14 heavy (non-hydrogen) atoms. The standard InChI is InChI=1S/C12H20N2/c1-4-10(3)9-11(5-2)12-7-6-8-13-14-12/h6-8,10-11H,4-5,9H2,1-3H3. The van der Waals surface area contributed by atoms with Gasteiger partial charge in [-0.25, -0.2) is 0 Å². The molecule has 1 heterocycles. The molecule has 0 aliphatic heterocycles. The van der Waals surface area contributed by atoms with Gasteiger partial charge in [0.25, 0.3) is 0 Å². The van der Waals surface area contributed by atoms with E-state index < -0.39 is 0 Å². The Morgan fingerprint density at radius 3 is 2.57 bits per heavy atom. The molecule has 0 saturated heterocycles. The van der Waals surface area contributed by atoms with Gasteiger partial charge in [-0.3, -0.25) is 0 Å². The number of nitrogens with zero attached hydrogens (tertiary/aromatic N) is 2. The Kier molecular flexibility index (Phi) is 4.57. The van der Waals surface area contributed by atoms with Crippen LogP contribution in [-0.4, -0.2) is 10.2 Å². The normalized spacial score (nSPS) is 15.1. The van der Waals surface area contributed by atoms with E-state index in [1.807, 2.05) is 6.07 Å². The van der Waals surface area contributed by atoms with Gasteiger partial charge in [-0.1, -0.05) is 27.2 Å². The minimum Gasteiger partial charge on any atom is -0.159 e. The van der Waals surface area contributed by atoms with Gasteiger partial charge in [0.2, 0.25) is 0 Å². The fourth-order valence-corrected chi connectivity index (χ4v) is 1.68. The van der Waals surface area contributed by atoms with Gasteiger partial charge in [-0.2, -0.15) is 10.2 Å². The molecule has 78 valence electrons. The minimum atomic E-state index is 0.582. The fourth-order valence-electron chi connectivity index (χ4n) is 1.68. The van der Waals surface area contributed by atoms with Crippen LogP contribution in [0, 0.1) is 5.92 Å². The highest BCUT2D eigenvalue weighted by Crippen LogP contribution is 2.26. The van der Waals surface area contributed by atoms with Crippen molar-refractivity contribution in [3.8, 4) is 0 Å². The molecule has 2 heteroatoms. The Hall–Kier alpha value is -0.920. The van der Waals surface area contributed by atoms with E-state index in [0.717, 1.165) is 18.0 Å². The van der Waals surface area contributed by atoms with E-state index in [0.29, 0.717) is 5.92 Å². The molecule has 0 aromatic carbocycles. The number of hydrogen-bond acceptors (Lipinski definition) is 2. The Bertz CT molecular complexity index is 246. The highest BCUT2D eigenvalue weighted by molar-refractivity contribution is 5.06. The lowest BCUT2D eigenvalue weighted by Gasteiger charge is -2.17. The summed E-state index contributed by atoms with van der Waals surface area (Å²) in [7, 11) is 0. The Labute approximate surface area is 86.8 Å². The van der Waals surface area contributed by atoms with Gasteiger partial charge in [-0.15, -0.1) is 0 Å². The average Bonchev–Trinajstić information content (AvgIpc) is 2.26. The van der Waals surface area contributed by atoms with Gasteiger partial charge >= 0.3 is 0 Å². The molecule has 0 N–H and O–H groups in total. The van der Waals surface area contributed by atoms with Gasteiger partial charge in [0.05, 0.1) is 5.69 Å². The number of rotatable bonds is 5. The SMILES string of the molecule is CCC(C)CC(CC)c1cccnn1. The Morgan fingerprint density at radius 2 is 2.07 bits per heavy atom. The van der Waals surface area contributed by atoms with E-state index in [2.05, 4.69) is 37.0 Å². The average molecular weight is 192 g/mol. The first-order valence-electron chi connectivity index (χ1n) is 5.55. The highest BCUT2D eigenvalue weighted by atomic mass is 15.1. The first kappa shape index (κ1) is 11.2. The summed E-state index contributed by atoms with van der Waals surface area (Å²) in [6, 6.07) is 4.06. The van der Waals surface area contributed by atoms with Crippen molar-refractivity contribution in [3.63, 3.8) is 0 Å². The van der Waals surface area contributed by atoms with E-state index in [9.17, 15) is 0 Å². The lowest BCUT2D eigenvalue weighted by atomic mass is 9.90. The van der Waals surface area contributed by atoms with Crippen LogP contribution >= 0.6 is 0 Å². The van der Waals surface area contributed by atoms with Crippen molar-refractivity contribution in [1.29, 1.82) is 0 Å². The van der Waals surface area contributed by atoms with Crippen LogP contribution in [0.4, 0.5) is 0 Å². The summed E-state index contributed by atoms with van der Waals surface area (Å²) in [4.78, 5) is 0. The van der Waals surface area contributed by atoms with Crippen molar-refractivity contribution in [2.24, 2.45) is 5.92 Å². The Balaban J connectivity index is 2.63. The van der Waals surface area contributed by atoms with E-state index in [1.165, 1.54) is 12.8 Å². The van der Waals surface area contributed by atoms with Crippen molar-refractivity contribution in [3.05, 3.63) is 24.0 Å². The van der Waals surface area contributed by atoms with Gasteiger partial charge in [0.15, 0.2) is 0 Å². The zero-order valence-corrected chi connectivity index (χ0v) is 9.40. The summed E-state index contributed by atoms with van der Waals surface area (Å²) in [5.41, 5.74) is 1.15. The van der Waals surface area contributed by atoms with Crippen LogP contribution < -0.4 is 0 Å². The van der Waals surface area contributed by atoms with Crippen molar-refractivity contribution in [1.82, 2.24) is 10.2 Å². The molecule has 0 aliphatic rings. The zero-order chi connectivity index (χ0) is 10.4. The summed E-state index contributed by atoms with van der Waals surface area (Å²) in [5.74, 6) is 1.36. The van der Waals surface area contributed by atoms with Crippen LogP contribution in [0.3, 0.4) is 0 Å². The molecule has 2 nitrogen and oxygen atoms in total. The predicted octanol–water partition coefficient (Wildman–Crippen LogP) is 3.41. The molecule has 0 amide bonds. The number of hydrogen-bond donors (Lipinski definition) is 0. The second kappa shape index (κ2) is 5.74. The molecule has 0 fully saturated rings. The van der Waals surface area contributed by atoms with Gasteiger partial charge in [0, 0.05) is 12.1 Å². The van der Waals surface area contributed by atoms with Gasteiger partial charge < -0.3 is 0 Å². The minimum absolute atomic E-state index is 0.582. The smallest absolute Gasteiger partial charge is 0.0661 e. The summed E-state index contributed by atoms with van der Waals surface area (Å²) < 4.78 is 0. The van der Waals surface area contributed by atoms with Crippen LogP contribution in [0.5, 0.6) is 0 Å². The lowest BCUT2D eigenvalue weighted by Crippen LogP contribution is -2.06.